The minimum Gasteiger partial charge on any atom is -0.483 e. The molecular formula is C11H11N3O6S. The van der Waals surface area contributed by atoms with Crippen molar-refractivity contribution in [2.45, 2.75) is 18.4 Å². The molecule has 0 radical (unpaired) electrons. The molecule has 0 aliphatic heterocycles. The van der Waals surface area contributed by atoms with Crippen LogP contribution in [0.5, 0.6) is 5.75 Å². The maximum Gasteiger partial charge on any atom is 0.339 e. The van der Waals surface area contributed by atoms with Gasteiger partial charge in [0.15, 0.2) is 6.61 Å². The third-order valence-electron chi connectivity index (χ3n) is 2.43. The number of carbonyl (C=O) groups is 1. The largest absolute Gasteiger partial charge is 0.483 e. The molecule has 0 spiro atoms. The molecule has 112 valence electrons. The number of ether oxygens (including phenoxy) is 1. The Morgan fingerprint density at radius 1 is 1.43 bits per heavy atom. The van der Waals surface area contributed by atoms with Gasteiger partial charge in [0.05, 0.1) is 4.90 Å². The van der Waals surface area contributed by atoms with Crippen molar-refractivity contribution in [2.24, 2.45) is 5.14 Å². The van der Waals surface area contributed by atoms with Gasteiger partial charge < -0.3 is 14.3 Å². The molecule has 0 aliphatic carbocycles. The summed E-state index contributed by atoms with van der Waals surface area (Å²) in [5, 5.41) is 21.3. The first kappa shape index (κ1) is 14.9. The molecule has 3 N–H and O–H groups in total. The maximum atomic E-state index is 11.2. The molecule has 1 aromatic heterocycles. The summed E-state index contributed by atoms with van der Waals surface area (Å²) in [6.07, 6.45) is 0. The number of hydrogen-bond acceptors (Lipinski definition) is 7. The van der Waals surface area contributed by atoms with E-state index in [0.717, 1.165) is 12.1 Å². The Morgan fingerprint density at radius 3 is 2.67 bits per heavy atom. The summed E-state index contributed by atoms with van der Waals surface area (Å²) in [6.45, 7) is 1.45. The molecule has 21 heavy (non-hydrogen) atoms. The zero-order chi connectivity index (χ0) is 15.6. The van der Waals surface area contributed by atoms with E-state index in [1.807, 2.05) is 0 Å². The van der Waals surface area contributed by atoms with Crippen LogP contribution in [0.25, 0.3) is 0 Å². The lowest BCUT2D eigenvalue weighted by Gasteiger charge is -2.08. The number of hydrogen-bond donors (Lipinski definition) is 2. The monoisotopic (exact) mass is 313 g/mol. The van der Waals surface area contributed by atoms with Crippen molar-refractivity contribution in [2.75, 3.05) is 0 Å². The van der Waals surface area contributed by atoms with Gasteiger partial charge in [-0.15, -0.1) is 10.2 Å². The van der Waals surface area contributed by atoms with Gasteiger partial charge >= 0.3 is 5.97 Å². The van der Waals surface area contributed by atoms with Crippen LogP contribution < -0.4 is 9.88 Å². The Kier molecular flexibility index (Phi) is 3.91. The molecule has 10 heteroatoms. The first-order valence-electron chi connectivity index (χ1n) is 5.59. The molecule has 0 atom stereocenters. The van der Waals surface area contributed by atoms with E-state index in [1.54, 1.807) is 6.92 Å². The fourth-order valence-electron chi connectivity index (χ4n) is 1.51. The highest BCUT2D eigenvalue weighted by molar-refractivity contribution is 7.89. The van der Waals surface area contributed by atoms with Crippen LogP contribution in [0.2, 0.25) is 0 Å². The van der Waals surface area contributed by atoms with Crippen molar-refractivity contribution in [1.29, 1.82) is 0 Å². The molecule has 1 aromatic carbocycles. The van der Waals surface area contributed by atoms with Gasteiger partial charge in [-0.1, -0.05) is 0 Å². The van der Waals surface area contributed by atoms with E-state index in [-0.39, 0.29) is 28.7 Å². The molecule has 0 saturated heterocycles. The van der Waals surface area contributed by atoms with Crippen LogP contribution in [0.4, 0.5) is 0 Å². The summed E-state index contributed by atoms with van der Waals surface area (Å²) in [5.41, 5.74) is -0.335. The van der Waals surface area contributed by atoms with Gasteiger partial charge in [0.1, 0.15) is 11.3 Å². The second-order valence-electron chi connectivity index (χ2n) is 4.01. The number of benzene rings is 1. The zero-order valence-corrected chi connectivity index (χ0v) is 11.6. The van der Waals surface area contributed by atoms with E-state index in [9.17, 15) is 13.2 Å². The fourth-order valence-corrected chi connectivity index (χ4v) is 2.05. The molecule has 0 aliphatic rings. The Balaban J connectivity index is 2.28. The number of nitrogens with two attached hydrogens (primary N) is 1. The summed E-state index contributed by atoms with van der Waals surface area (Å²) < 4.78 is 32.7. The second kappa shape index (κ2) is 5.50. The third-order valence-corrected chi connectivity index (χ3v) is 3.34. The van der Waals surface area contributed by atoms with E-state index in [4.69, 9.17) is 19.4 Å². The number of primary sulfonamides is 1. The van der Waals surface area contributed by atoms with Crippen molar-refractivity contribution in [3.63, 3.8) is 0 Å². The van der Waals surface area contributed by atoms with Crippen molar-refractivity contribution in [1.82, 2.24) is 10.2 Å². The number of aryl methyl sites for hydroxylation is 1. The lowest BCUT2D eigenvalue weighted by Crippen LogP contribution is -2.13. The quantitative estimate of drug-likeness (QED) is 0.801. The Hall–Kier alpha value is -2.46. The molecule has 0 saturated carbocycles. The Bertz CT molecular complexity index is 783. The van der Waals surface area contributed by atoms with Crippen LogP contribution in [-0.2, 0) is 16.6 Å². The molecule has 0 fully saturated rings. The van der Waals surface area contributed by atoms with E-state index >= 15 is 0 Å². The first-order chi connectivity index (χ1) is 9.77. The number of nitrogens with zero attached hydrogens (tertiary/aromatic N) is 2. The van der Waals surface area contributed by atoms with Crippen molar-refractivity contribution >= 4 is 16.0 Å². The van der Waals surface area contributed by atoms with Crippen molar-refractivity contribution < 1.29 is 27.5 Å². The molecule has 9 nitrogen and oxygen atoms in total. The van der Waals surface area contributed by atoms with Crippen molar-refractivity contribution in [3.8, 4) is 5.75 Å². The molecule has 0 bridgehead atoms. The van der Waals surface area contributed by atoms with Crippen LogP contribution in [0.1, 0.15) is 22.1 Å². The number of rotatable bonds is 5. The summed E-state index contributed by atoms with van der Waals surface area (Å²) >= 11 is 0. The Labute approximate surface area is 119 Å². The van der Waals surface area contributed by atoms with Gasteiger partial charge in [0.25, 0.3) is 5.89 Å². The number of carboxylic acids is 1. The lowest BCUT2D eigenvalue weighted by molar-refractivity contribution is 0.0690. The van der Waals surface area contributed by atoms with Crippen LogP contribution in [0, 0.1) is 6.92 Å². The lowest BCUT2D eigenvalue weighted by atomic mass is 10.2. The summed E-state index contributed by atoms with van der Waals surface area (Å²) in [4.78, 5) is 10.8. The highest BCUT2D eigenvalue weighted by Gasteiger charge is 2.17. The summed E-state index contributed by atoms with van der Waals surface area (Å²) in [5.74, 6) is -0.876. The van der Waals surface area contributed by atoms with Gasteiger partial charge in [-0.3, -0.25) is 0 Å². The number of sulfonamides is 1. The van der Waals surface area contributed by atoms with Gasteiger partial charge in [0.2, 0.25) is 15.9 Å². The minimum absolute atomic E-state index is 0.0363. The predicted octanol–water partition coefficient (Wildman–Crippen LogP) is 0.303. The molecule has 2 aromatic rings. The maximum absolute atomic E-state index is 11.2. The fraction of sp³-hybridized carbons (Fsp3) is 0.182. The highest BCUT2D eigenvalue weighted by Crippen LogP contribution is 2.23. The number of aromatic nitrogens is 2. The first-order valence-corrected chi connectivity index (χ1v) is 7.14. The van der Waals surface area contributed by atoms with Gasteiger partial charge in [-0.25, -0.2) is 18.4 Å². The van der Waals surface area contributed by atoms with Gasteiger partial charge in [-0.2, -0.15) is 0 Å². The molecule has 0 amide bonds. The summed E-state index contributed by atoms with van der Waals surface area (Å²) in [6, 6.07) is 3.27. The standard InChI is InChI=1S/C11H11N3O6S/c1-6-13-14-10(20-6)5-19-9-3-2-7(21(12,17)18)4-8(9)11(15)16/h2-4H,5H2,1H3,(H,15,16)(H2,12,17,18). The second-order valence-corrected chi connectivity index (χ2v) is 5.57. The SMILES string of the molecule is Cc1nnc(COc2ccc(S(N)(=O)=O)cc2C(=O)O)o1. The average Bonchev–Trinajstić information content (AvgIpc) is 2.80. The molecule has 1 heterocycles. The highest BCUT2D eigenvalue weighted by atomic mass is 32.2. The van der Waals surface area contributed by atoms with Crippen LogP contribution in [0.3, 0.4) is 0 Å². The number of carboxylic acid groups (broad SMARTS) is 1. The molecule has 0 unspecified atom stereocenters. The number of aromatic carboxylic acids is 1. The third kappa shape index (κ3) is 3.55. The topological polar surface area (TPSA) is 146 Å². The van der Waals surface area contributed by atoms with Crippen molar-refractivity contribution in [3.05, 3.63) is 35.5 Å². The van der Waals surface area contributed by atoms with E-state index in [0.29, 0.717) is 5.89 Å². The van der Waals surface area contributed by atoms with Gasteiger partial charge in [-0.05, 0) is 18.2 Å². The Morgan fingerprint density at radius 2 is 2.14 bits per heavy atom. The zero-order valence-electron chi connectivity index (χ0n) is 10.8. The normalized spacial score (nSPS) is 11.3. The minimum atomic E-state index is -4.00. The summed E-state index contributed by atoms with van der Waals surface area (Å²) in [7, 11) is -4.00. The smallest absolute Gasteiger partial charge is 0.339 e. The molecular weight excluding hydrogens is 302 g/mol. The predicted molar refractivity (Wildman–Crippen MR) is 68.1 cm³/mol. The van der Waals surface area contributed by atoms with Crippen LogP contribution in [-0.4, -0.2) is 29.7 Å². The molecule has 2 rings (SSSR count). The van der Waals surface area contributed by atoms with Gasteiger partial charge in [0, 0.05) is 6.92 Å². The van der Waals surface area contributed by atoms with E-state index in [1.165, 1.54) is 6.07 Å². The van der Waals surface area contributed by atoms with E-state index < -0.39 is 16.0 Å². The van der Waals surface area contributed by atoms with Crippen LogP contribution in [0.15, 0.2) is 27.5 Å². The van der Waals surface area contributed by atoms with E-state index in [2.05, 4.69) is 10.2 Å². The van der Waals surface area contributed by atoms with Crippen LogP contribution >= 0.6 is 0 Å². The average molecular weight is 313 g/mol.